The highest BCUT2D eigenvalue weighted by atomic mass is 35.5. The van der Waals surface area contributed by atoms with Crippen LogP contribution in [0.25, 0.3) is 22.8 Å². The summed E-state index contributed by atoms with van der Waals surface area (Å²) in [5.74, 6) is 0.704. The zero-order valence-corrected chi connectivity index (χ0v) is 18.3. The molecule has 156 valence electrons. The van der Waals surface area contributed by atoms with Gasteiger partial charge in [0.25, 0.3) is 11.8 Å². The highest BCUT2D eigenvalue weighted by Crippen LogP contribution is 2.26. The molecule has 0 radical (unpaired) electrons. The lowest BCUT2D eigenvalue weighted by Gasteiger charge is -2.19. The normalized spacial score (nSPS) is 11.4. The van der Waals surface area contributed by atoms with E-state index in [2.05, 4.69) is 36.2 Å². The first-order valence-corrected chi connectivity index (χ1v) is 10.3. The molecule has 0 bridgehead atoms. The molecule has 1 amide bonds. The predicted octanol–water partition coefficient (Wildman–Crippen LogP) is 6.61. The number of anilines is 1. The van der Waals surface area contributed by atoms with Gasteiger partial charge in [0.05, 0.1) is 0 Å². The number of hydrogen-bond donors (Lipinski definition) is 1. The molecule has 31 heavy (non-hydrogen) atoms. The summed E-state index contributed by atoms with van der Waals surface area (Å²) in [6, 6.07) is 22.2. The molecule has 0 atom stereocenters. The van der Waals surface area contributed by atoms with Gasteiger partial charge in [0.2, 0.25) is 5.82 Å². The topological polar surface area (TPSA) is 68.0 Å². The molecule has 0 saturated carbocycles. The highest BCUT2D eigenvalue weighted by molar-refractivity contribution is 6.30. The summed E-state index contributed by atoms with van der Waals surface area (Å²) in [6.07, 6.45) is 0. The summed E-state index contributed by atoms with van der Waals surface area (Å²) >= 11 is 6.02. The third kappa shape index (κ3) is 4.84. The molecule has 4 aromatic rings. The van der Waals surface area contributed by atoms with Crippen LogP contribution in [0.5, 0.6) is 0 Å². The minimum atomic E-state index is -0.156. The largest absolute Gasteiger partial charge is 0.334 e. The van der Waals surface area contributed by atoms with Crippen LogP contribution in [-0.2, 0) is 5.41 Å². The molecule has 0 spiro atoms. The molecule has 5 nitrogen and oxygen atoms in total. The van der Waals surface area contributed by atoms with Gasteiger partial charge in [0.1, 0.15) is 0 Å². The summed E-state index contributed by atoms with van der Waals surface area (Å²) in [5.41, 5.74) is 4.07. The molecule has 6 heteroatoms. The quantitative estimate of drug-likeness (QED) is 0.395. The molecular formula is C25H22ClN3O2. The first kappa shape index (κ1) is 20.8. The molecule has 0 fully saturated rings. The van der Waals surface area contributed by atoms with Crippen LogP contribution in [0.2, 0.25) is 5.02 Å². The van der Waals surface area contributed by atoms with E-state index in [1.165, 1.54) is 5.56 Å². The molecule has 1 aromatic heterocycles. The maximum Gasteiger partial charge on any atom is 0.258 e. The summed E-state index contributed by atoms with van der Waals surface area (Å²) in [6.45, 7) is 6.43. The summed E-state index contributed by atoms with van der Waals surface area (Å²) in [4.78, 5) is 17.0. The summed E-state index contributed by atoms with van der Waals surface area (Å²) in [7, 11) is 0. The Morgan fingerprint density at radius 3 is 2.29 bits per heavy atom. The number of carbonyl (C=O) groups excluding carboxylic acids is 1. The van der Waals surface area contributed by atoms with Crippen molar-refractivity contribution in [1.82, 2.24) is 10.1 Å². The van der Waals surface area contributed by atoms with Crippen LogP contribution in [0, 0.1) is 0 Å². The van der Waals surface area contributed by atoms with Crippen LogP contribution < -0.4 is 5.32 Å². The molecule has 0 aliphatic heterocycles. The molecule has 0 aliphatic carbocycles. The third-order valence-electron chi connectivity index (χ3n) is 4.91. The smallest absolute Gasteiger partial charge is 0.258 e. The lowest BCUT2D eigenvalue weighted by atomic mass is 9.87. The fourth-order valence-corrected chi connectivity index (χ4v) is 3.30. The van der Waals surface area contributed by atoms with Crippen molar-refractivity contribution in [3.63, 3.8) is 0 Å². The fraction of sp³-hybridized carbons (Fsp3) is 0.160. The summed E-state index contributed by atoms with van der Waals surface area (Å²) in [5, 5.41) is 7.56. The molecule has 0 unspecified atom stereocenters. The van der Waals surface area contributed by atoms with Gasteiger partial charge < -0.3 is 9.84 Å². The van der Waals surface area contributed by atoms with E-state index in [-0.39, 0.29) is 11.3 Å². The van der Waals surface area contributed by atoms with Crippen molar-refractivity contribution in [1.29, 1.82) is 0 Å². The van der Waals surface area contributed by atoms with Gasteiger partial charge in [-0.2, -0.15) is 4.98 Å². The predicted molar refractivity (Wildman–Crippen MR) is 123 cm³/mol. The molecule has 4 rings (SSSR count). The Morgan fingerprint density at radius 1 is 0.935 bits per heavy atom. The Morgan fingerprint density at radius 2 is 1.65 bits per heavy atom. The second-order valence-corrected chi connectivity index (χ2v) is 8.73. The second kappa shape index (κ2) is 8.36. The van der Waals surface area contributed by atoms with Gasteiger partial charge in [-0.15, -0.1) is 0 Å². The first-order valence-electron chi connectivity index (χ1n) is 9.91. The number of amides is 1. The fourth-order valence-electron chi connectivity index (χ4n) is 3.11. The maximum absolute atomic E-state index is 12.6. The van der Waals surface area contributed by atoms with E-state index in [1.54, 1.807) is 12.1 Å². The van der Waals surface area contributed by atoms with Crippen LogP contribution in [0.4, 0.5) is 5.69 Å². The van der Waals surface area contributed by atoms with E-state index < -0.39 is 0 Å². The molecule has 1 heterocycles. The van der Waals surface area contributed by atoms with Gasteiger partial charge >= 0.3 is 0 Å². The highest BCUT2D eigenvalue weighted by Gasteiger charge is 2.15. The Balaban J connectivity index is 1.46. The monoisotopic (exact) mass is 431 g/mol. The van der Waals surface area contributed by atoms with E-state index in [1.807, 2.05) is 60.7 Å². The molecule has 1 N–H and O–H groups in total. The van der Waals surface area contributed by atoms with Crippen molar-refractivity contribution < 1.29 is 9.32 Å². The lowest BCUT2D eigenvalue weighted by Crippen LogP contribution is -2.14. The molecule has 3 aromatic carbocycles. The van der Waals surface area contributed by atoms with Crippen molar-refractivity contribution in [3.05, 3.63) is 88.9 Å². The standard InChI is InChI=1S/C25H22ClN3O2/c1-25(2,3)19-11-7-17(8-12-19)23(30)27-21-13-9-16(10-14-21)22-28-24(31-29-22)18-5-4-6-20(26)15-18/h4-15H,1-3H3,(H,27,30). The van der Waals surface area contributed by atoms with Crippen molar-refractivity contribution in [2.45, 2.75) is 26.2 Å². The van der Waals surface area contributed by atoms with E-state index in [0.717, 1.165) is 11.1 Å². The number of hydrogen-bond acceptors (Lipinski definition) is 4. The van der Waals surface area contributed by atoms with Gasteiger partial charge in [-0.3, -0.25) is 4.79 Å². The van der Waals surface area contributed by atoms with Gasteiger partial charge in [0.15, 0.2) is 0 Å². The molecule has 0 saturated heterocycles. The number of carbonyl (C=O) groups is 1. The van der Waals surface area contributed by atoms with Crippen molar-refractivity contribution in [3.8, 4) is 22.8 Å². The summed E-state index contributed by atoms with van der Waals surface area (Å²) < 4.78 is 5.36. The van der Waals surface area contributed by atoms with Gasteiger partial charge in [-0.05, 0) is 65.6 Å². The first-order chi connectivity index (χ1) is 14.8. The minimum absolute atomic E-state index is 0.0482. The van der Waals surface area contributed by atoms with Gasteiger partial charge in [-0.25, -0.2) is 0 Å². The van der Waals surface area contributed by atoms with Crippen molar-refractivity contribution in [2.24, 2.45) is 0 Å². The Bertz CT molecular complexity index is 1210. The van der Waals surface area contributed by atoms with Crippen molar-refractivity contribution >= 4 is 23.2 Å². The van der Waals surface area contributed by atoms with Crippen LogP contribution in [0.3, 0.4) is 0 Å². The van der Waals surface area contributed by atoms with Crippen LogP contribution >= 0.6 is 11.6 Å². The van der Waals surface area contributed by atoms with Gasteiger partial charge in [-0.1, -0.05) is 55.7 Å². The lowest BCUT2D eigenvalue weighted by molar-refractivity contribution is 0.102. The second-order valence-electron chi connectivity index (χ2n) is 8.29. The minimum Gasteiger partial charge on any atom is -0.334 e. The SMILES string of the molecule is CC(C)(C)c1ccc(C(=O)Nc2ccc(-c3noc(-c4cccc(Cl)c4)n3)cc2)cc1. The van der Waals surface area contributed by atoms with Crippen molar-refractivity contribution in [2.75, 3.05) is 5.32 Å². The Kier molecular flexibility index (Phi) is 5.61. The van der Waals surface area contributed by atoms with Crippen LogP contribution in [-0.4, -0.2) is 16.0 Å². The van der Waals surface area contributed by atoms with Crippen LogP contribution in [0.15, 0.2) is 77.3 Å². The number of rotatable bonds is 4. The van der Waals surface area contributed by atoms with E-state index in [0.29, 0.717) is 28.0 Å². The molecular weight excluding hydrogens is 410 g/mol. The average molecular weight is 432 g/mol. The number of benzene rings is 3. The van der Waals surface area contributed by atoms with Crippen LogP contribution in [0.1, 0.15) is 36.7 Å². The number of halogens is 1. The van der Waals surface area contributed by atoms with E-state index >= 15 is 0 Å². The molecule has 0 aliphatic rings. The zero-order valence-electron chi connectivity index (χ0n) is 17.5. The third-order valence-corrected chi connectivity index (χ3v) is 5.15. The number of aromatic nitrogens is 2. The zero-order chi connectivity index (χ0) is 22.0. The van der Waals surface area contributed by atoms with E-state index in [4.69, 9.17) is 16.1 Å². The Labute approximate surface area is 186 Å². The maximum atomic E-state index is 12.6. The van der Waals surface area contributed by atoms with Gasteiger partial charge in [0, 0.05) is 27.4 Å². The van der Waals surface area contributed by atoms with E-state index in [9.17, 15) is 4.79 Å². The Hall–Kier alpha value is -3.44. The number of nitrogens with one attached hydrogen (secondary N) is 1. The number of nitrogens with zero attached hydrogens (tertiary/aromatic N) is 2. The average Bonchev–Trinajstić information content (AvgIpc) is 3.24.